The molecule has 1 saturated heterocycles. The van der Waals surface area contributed by atoms with Gasteiger partial charge in [-0.3, -0.25) is 14.0 Å². The van der Waals surface area contributed by atoms with Gasteiger partial charge in [-0.25, -0.2) is 8.42 Å². The monoisotopic (exact) mass is 493 g/mol. The van der Waals surface area contributed by atoms with Crippen LogP contribution in [-0.2, 0) is 27.9 Å². The smallest absolute Gasteiger partial charge is 0.243 e. The van der Waals surface area contributed by atoms with Crippen molar-refractivity contribution in [2.75, 3.05) is 30.8 Å². The van der Waals surface area contributed by atoms with E-state index in [2.05, 4.69) is 16.3 Å². The molecule has 1 aliphatic rings. The van der Waals surface area contributed by atoms with Crippen molar-refractivity contribution in [1.29, 1.82) is 0 Å². The highest BCUT2D eigenvalue weighted by molar-refractivity contribution is 7.92. The molecule has 1 atom stereocenters. The molecule has 1 amide bonds. The van der Waals surface area contributed by atoms with Gasteiger partial charge in [0.25, 0.3) is 0 Å². The maximum atomic E-state index is 13.0. The van der Waals surface area contributed by atoms with Crippen LogP contribution in [0.3, 0.4) is 0 Å². The summed E-state index contributed by atoms with van der Waals surface area (Å²) in [5.41, 5.74) is 2.51. The van der Waals surface area contributed by atoms with Crippen LogP contribution in [0.5, 0.6) is 5.75 Å². The van der Waals surface area contributed by atoms with Gasteiger partial charge in [0.15, 0.2) is 0 Å². The van der Waals surface area contributed by atoms with Crippen LogP contribution in [0.25, 0.3) is 0 Å². The van der Waals surface area contributed by atoms with E-state index in [1.54, 1.807) is 19.1 Å². The second kappa shape index (κ2) is 11.2. The summed E-state index contributed by atoms with van der Waals surface area (Å²) in [4.78, 5) is 15.4. The Morgan fingerprint density at radius 3 is 2.42 bits per heavy atom. The van der Waals surface area contributed by atoms with E-state index in [4.69, 9.17) is 16.3 Å². The Balaban J connectivity index is 1.73. The maximum absolute atomic E-state index is 13.0. The zero-order chi connectivity index (χ0) is 24.0. The predicted octanol–water partition coefficient (Wildman–Crippen LogP) is 3.81. The number of piperidine rings is 1. The van der Waals surface area contributed by atoms with E-state index in [0.29, 0.717) is 18.0 Å². The molecule has 1 heterocycles. The van der Waals surface area contributed by atoms with Crippen molar-refractivity contribution in [3.63, 3.8) is 0 Å². The van der Waals surface area contributed by atoms with Crippen molar-refractivity contribution >= 4 is 33.2 Å². The lowest BCUT2D eigenvalue weighted by Gasteiger charge is -2.29. The van der Waals surface area contributed by atoms with Gasteiger partial charge in [-0.15, -0.1) is 0 Å². The van der Waals surface area contributed by atoms with Crippen LogP contribution in [0.2, 0.25) is 5.02 Å². The molecule has 9 heteroatoms. The van der Waals surface area contributed by atoms with Crippen LogP contribution in [0.4, 0.5) is 5.69 Å². The molecule has 0 bridgehead atoms. The molecule has 3 rings (SSSR count). The number of rotatable bonds is 9. The summed E-state index contributed by atoms with van der Waals surface area (Å²) in [6, 6.07) is 11.7. The zero-order valence-electron chi connectivity index (χ0n) is 19.4. The van der Waals surface area contributed by atoms with E-state index in [0.717, 1.165) is 35.8 Å². The highest BCUT2D eigenvalue weighted by atomic mass is 35.5. The minimum atomic E-state index is -3.74. The van der Waals surface area contributed by atoms with Gasteiger partial charge in [0.1, 0.15) is 11.8 Å². The Kier molecular flexibility index (Phi) is 8.62. The Hall–Kier alpha value is -2.29. The minimum absolute atomic E-state index is 0.267. The molecule has 33 heavy (non-hydrogen) atoms. The number of ether oxygens (including phenoxy) is 1. The van der Waals surface area contributed by atoms with Crippen molar-refractivity contribution in [2.24, 2.45) is 0 Å². The third-order valence-electron chi connectivity index (χ3n) is 5.89. The fourth-order valence-corrected chi connectivity index (χ4v) is 5.59. The quantitative estimate of drug-likeness (QED) is 0.574. The summed E-state index contributed by atoms with van der Waals surface area (Å²) in [5, 5.41) is 3.18. The average molecular weight is 494 g/mol. The molecule has 1 N–H and O–H groups in total. The first kappa shape index (κ1) is 25.3. The van der Waals surface area contributed by atoms with Crippen molar-refractivity contribution in [2.45, 2.75) is 45.3 Å². The molecule has 0 spiro atoms. The van der Waals surface area contributed by atoms with Gasteiger partial charge in [-0.05, 0) is 62.2 Å². The van der Waals surface area contributed by atoms with E-state index in [1.165, 1.54) is 38.0 Å². The molecule has 0 unspecified atom stereocenters. The minimum Gasteiger partial charge on any atom is -0.495 e. The number of amides is 1. The van der Waals surface area contributed by atoms with Crippen LogP contribution in [0.1, 0.15) is 37.3 Å². The number of halogens is 1. The first-order valence-corrected chi connectivity index (χ1v) is 13.3. The summed E-state index contributed by atoms with van der Waals surface area (Å²) in [6.07, 6.45) is 4.78. The number of hydrogen-bond acceptors (Lipinski definition) is 5. The number of nitrogens with zero attached hydrogens (tertiary/aromatic N) is 2. The van der Waals surface area contributed by atoms with Crippen molar-refractivity contribution in [3.05, 3.63) is 58.6 Å². The molecule has 7 nitrogen and oxygen atoms in total. The molecule has 2 aromatic rings. The second-order valence-electron chi connectivity index (χ2n) is 8.38. The van der Waals surface area contributed by atoms with Gasteiger partial charge in [-0.1, -0.05) is 42.3 Å². The van der Waals surface area contributed by atoms with E-state index in [9.17, 15) is 13.2 Å². The van der Waals surface area contributed by atoms with Crippen LogP contribution in [-0.4, -0.2) is 51.7 Å². The lowest BCUT2D eigenvalue weighted by Crippen LogP contribution is -2.47. The molecular formula is C24H32ClN3O4S. The standard InChI is InChI=1S/C24H32ClN3O4S/c1-18(28(33(3,30)31)21-11-12-23(32-2)22(25)15-21)24(29)26-16-19-9-5-6-10-20(19)17-27-13-7-4-8-14-27/h5-6,9-12,15,18H,4,7-8,13-14,16-17H2,1-3H3,(H,26,29)/t18-/m1/s1. The summed E-state index contributed by atoms with van der Waals surface area (Å²) in [7, 11) is -2.26. The van der Waals surface area contributed by atoms with E-state index in [-0.39, 0.29) is 10.9 Å². The number of anilines is 1. The Morgan fingerprint density at radius 1 is 1.15 bits per heavy atom. The van der Waals surface area contributed by atoms with E-state index in [1.807, 2.05) is 18.2 Å². The Labute approximate surface area is 201 Å². The van der Waals surface area contributed by atoms with Crippen LogP contribution in [0, 0.1) is 0 Å². The number of sulfonamides is 1. The molecule has 0 saturated carbocycles. The highest BCUT2D eigenvalue weighted by Crippen LogP contribution is 2.31. The lowest BCUT2D eigenvalue weighted by atomic mass is 10.0. The van der Waals surface area contributed by atoms with Crippen LogP contribution >= 0.6 is 11.6 Å². The summed E-state index contributed by atoms with van der Waals surface area (Å²) >= 11 is 6.20. The number of hydrogen-bond donors (Lipinski definition) is 1. The topological polar surface area (TPSA) is 79.0 Å². The van der Waals surface area contributed by atoms with E-state index < -0.39 is 16.1 Å². The molecule has 1 aliphatic heterocycles. The van der Waals surface area contributed by atoms with Crippen LogP contribution in [0.15, 0.2) is 42.5 Å². The number of carbonyl (C=O) groups is 1. The molecule has 1 fully saturated rings. The number of nitrogens with one attached hydrogen (secondary N) is 1. The van der Waals surface area contributed by atoms with Gasteiger partial charge < -0.3 is 10.1 Å². The summed E-state index contributed by atoms with van der Waals surface area (Å²) in [5.74, 6) is 0.0384. The molecule has 180 valence electrons. The highest BCUT2D eigenvalue weighted by Gasteiger charge is 2.29. The zero-order valence-corrected chi connectivity index (χ0v) is 21.0. The van der Waals surface area contributed by atoms with E-state index >= 15 is 0 Å². The molecule has 0 aromatic heterocycles. The molecule has 0 aliphatic carbocycles. The number of likely N-dealkylation sites (tertiary alicyclic amines) is 1. The van der Waals surface area contributed by atoms with Crippen LogP contribution < -0.4 is 14.4 Å². The summed E-state index contributed by atoms with van der Waals surface area (Å²) in [6.45, 7) is 4.92. The molecule has 2 aromatic carbocycles. The second-order valence-corrected chi connectivity index (χ2v) is 10.6. The number of methoxy groups -OCH3 is 1. The SMILES string of the molecule is COc1ccc(N([C@H](C)C(=O)NCc2ccccc2CN2CCCCC2)S(C)(=O)=O)cc1Cl. The lowest BCUT2D eigenvalue weighted by molar-refractivity contribution is -0.122. The Morgan fingerprint density at radius 2 is 1.82 bits per heavy atom. The maximum Gasteiger partial charge on any atom is 0.243 e. The predicted molar refractivity (Wildman–Crippen MR) is 132 cm³/mol. The molecule has 0 radical (unpaired) electrons. The average Bonchev–Trinajstić information content (AvgIpc) is 2.78. The molecular weight excluding hydrogens is 462 g/mol. The number of carbonyl (C=O) groups excluding carboxylic acids is 1. The largest absolute Gasteiger partial charge is 0.495 e. The van der Waals surface area contributed by atoms with Crippen molar-refractivity contribution < 1.29 is 17.9 Å². The number of benzene rings is 2. The Bertz CT molecular complexity index is 1070. The third-order valence-corrected chi connectivity index (χ3v) is 7.43. The van der Waals surface area contributed by atoms with Gasteiger partial charge >= 0.3 is 0 Å². The van der Waals surface area contributed by atoms with Gasteiger partial charge in [-0.2, -0.15) is 0 Å². The van der Waals surface area contributed by atoms with Crippen molar-refractivity contribution in [3.8, 4) is 5.75 Å². The fraction of sp³-hybridized carbons (Fsp3) is 0.458. The van der Waals surface area contributed by atoms with Gasteiger partial charge in [0.05, 0.1) is 24.1 Å². The van der Waals surface area contributed by atoms with Gasteiger partial charge in [0.2, 0.25) is 15.9 Å². The normalized spacial score (nSPS) is 15.6. The third kappa shape index (κ3) is 6.62. The summed E-state index contributed by atoms with van der Waals surface area (Å²) < 4.78 is 31.3. The fourth-order valence-electron chi connectivity index (χ4n) is 4.17. The first-order chi connectivity index (χ1) is 15.7. The van der Waals surface area contributed by atoms with Crippen molar-refractivity contribution in [1.82, 2.24) is 10.2 Å². The first-order valence-electron chi connectivity index (χ1n) is 11.1. The van der Waals surface area contributed by atoms with Gasteiger partial charge in [0, 0.05) is 13.1 Å².